The molecule has 3 aromatic rings. The minimum absolute atomic E-state index is 0.401. The zero-order valence-electron chi connectivity index (χ0n) is 10.3. The highest BCUT2D eigenvalue weighted by Gasteiger charge is 2.17. The zero-order valence-corrected chi connectivity index (χ0v) is 10.3. The number of carbonyl (C=O) groups is 2. The van der Waals surface area contributed by atoms with Gasteiger partial charge in [0.1, 0.15) is 5.58 Å². The second kappa shape index (κ2) is 4.24. The number of aldehydes is 2. The SMILES string of the molecule is Cc1c(C=O)[nH]c(-c2cc3ccccc3o2)c1C=O. The fraction of sp³-hybridized carbons (Fsp3) is 0.0667. The Balaban J connectivity index is 2.26. The molecule has 4 nitrogen and oxygen atoms in total. The maximum Gasteiger partial charge on any atom is 0.166 e. The number of rotatable bonds is 3. The third-order valence-corrected chi connectivity index (χ3v) is 3.24. The normalized spacial score (nSPS) is 10.8. The van der Waals surface area contributed by atoms with Crippen molar-refractivity contribution in [2.75, 3.05) is 0 Å². The Bertz CT molecular complexity index is 747. The molecule has 0 saturated carbocycles. The van der Waals surface area contributed by atoms with Crippen LogP contribution in [0.5, 0.6) is 0 Å². The van der Waals surface area contributed by atoms with Crippen molar-refractivity contribution in [1.82, 2.24) is 4.98 Å². The number of furan rings is 1. The van der Waals surface area contributed by atoms with E-state index in [2.05, 4.69) is 4.98 Å². The third kappa shape index (κ3) is 1.69. The monoisotopic (exact) mass is 253 g/mol. The molecule has 0 bridgehead atoms. The third-order valence-electron chi connectivity index (χ3n) is 3.24. The lowest BCUT2D eigenvalue weighted by molar-refractivity contribution is 0.111. The first-order valence-electron chi connectivity index (χ1n) is 5.86. The zero-order chi connectivity index (χ0) is 13.4. The number of hydrogen-bond donors (Lipinski definition) is 1. The topological polar surface area (TPSA) is 63.1 Å². The summed E-state index contributed by atoms with van der Waals surface area (Å²) in [7, 11) is 0. The van der Waals surface area contributed by atoms with Gasteiger partial charge in [-0.1, -0.05) is 18.2 Å². The van der Waals surface area contributed by atoms with Gasteiger partial charge in [-0.15, -0.1) is 0 Å². The van der Waals surface area contributed by atoms with Crippen LogP contribution in [0, 0.1) is 6.92 Å². The van der Waals surface area contributed by atoms with Gasteiger partial charge in [0.2, 0.25) is 0 Å². The quantitative estimate of drug-likeness (QED) is 0.728. The minimum atomic E-state index is 0.401. The van der Waals surface area contributed by atoms with Crippen molar-refractivity contribution in [3.05, 3.63) is 47.2 Å². The van der Waals surface area contributed by atoms with Gasteiger partial charge in [0.15, 0.2) is 18.3 Å². The van der Waals surface area contributed by atoms with Gasteiger partial charge in [0.05, 0.1) is 11.4 Å². The number of hydrogen-bond acceptors (Lipinski definition) is 3. The van der Waals surface area contributed by atoms with Crippen molar-refractivity contribution in [2.24, 2.45) is 0 Å². The van der Waals surface area contributed by atoms with Crippen molar-refractivity contribution in [3.8, 4) is 11.5 Å². The maximum absolute atomic E-state index is 11.2. The lowest BCUT2D eigenvalue weighted by Gasteiger charge is -1.93. The van der Waals surface area contributed by atoms with Gasteiger partial charge in [-0.3, -0.25) is 9.59 Å². The summed E-state index contributed by atoms with van der Waals surface area (Å²) in [4.78, 5) is 25.1. The average Bonchev–Trinajstić information content (AvgIpc) is 2.98. The van der Waals surface area contributed by atoms with E-state index >= 15 is 0 Å². The van der Waals surface area contributed by atoms with Crippen LogP contribution in [0.25, 0.3) is 22.4 Å². The highest BCUT2D eigenvalue weighted by molar-refractivity contribution is 5.94. The highest BCUT2D eigenvalue weighted by Crippen LogP contribution is 2.31. The Morgan fingerprint density at radius 1 is 1.16 bits per heavy atom. The molecule has 0 aliphatic carbocycles. The average molecular weight is 253 g/mol. The van der Waals surface area contributed by atoms with Gasteiger partial charge in [0.25, 0.3) is 0 Å². The molecule has 2 aromatic heterocycles. The molecule has 0 unspecified atom stereocenters. The summed E-state index contributed by atoms with van der Waals surface area (Å²) in [5.74, 6) is 0.555. The summed E-state index contributed by atoms with van der Waals surface area (Å²) < 4.78 is 5.70. The molecule has 4 heteroatoms. The molecule has 0 aliphatic heterocycles. The summed E-state index contributed by atoms with van der Waals surface area (Å²) in [5.41, 5.74) is 2.79. The number of benzene rings is 1. The van der Waals surface area contributed by atoms with Gasteiger partial charge in [-0.05, 0) is 24.6 Å². The van der Waals surface area contributed by atoms with Crippen LogP contribution in [0.4, 0.5) is 0 Å². The molecule has 19 heavy (non-hydrogen) atoms. The van der Waals surface area contributed by atoms with Crippen molar-refractivity contribution < 1.29 is 14.0 Å². The molecule has 94 valence electrons. The van der Waals surface area contributed by atoms with Gasteiger partial charge in [-0.2, -0.15) is 0 Å². The second-order valence-corrected chi connectivity index (χ2v) is 4.34. The van der Waals surface area contributed by atoms with E-state index in [0.29, 0.717) is 34.6 Å². The lowest BCUT2D eigenvalue weighted by Crippen LogP contribution is -1.84. The first-order valence-corrected chi connectivity index (χ1v) is 5.86. The number of nitrogens with one attached hydrogen (secondary N) is 1. The molecule has 0 aliphatic rings. The van der Waals surface area contributed by atoms with E-state index in [1.54, 1.807) is 6.92 Å². The molecule has 0 radical (unpaired) electrons. The Kier molecular flexibility index (Phi) is 2.56. The molecule has 0 spiro atoms. The number of carbonyl (C=O) groups excluding carboxylic acids is 2. The number of aromatic nitrogens is 1. The Morgan fingerprint density at radius 2 is 1.95 bits per heavy atom. The molecular formula is C15H11NO3. The predicted molar refractivity (Wildman–Crippen MR) is 71.5 cm³/mol. The van der Waals surface area contributed by atoms with Crippen LogP contribution in [0.3, 0.4) is 0 Å². The van der Waals surface area contributed by atoms with Gasteiger partial charge >= 0.3 is 0 Å². The Morgan fingerprint density at radius 3 is 2.63 bits per heavy atom. The van der Waals surface area contributed by atoms with E-state index in [1.165, 1.54) is 0 Å². The lowest BCUT2D eigenvalue weighted by atomic mass is 10.1. The standard InChI is InChI=1S/C15H11NO3/c1-9-11(7-17)15(16-12(9)8-18)14-6-10-4-2-3-5-13(10)19-14/h2-8,16H,1H3. The largest absolute Gasteiger partial charge is 0.455 e. The predicted octanol–water partition coefficient (Wildman–Crippen LogP) is 3.36. The molecule has 2 heterocycles. The van der Waals surface area contributed by atoms with Gasteiger partial charge < -0.3 is 9.40 Å². The van der Waals surface area contributed by atoms with E-state index < -0.39 is 0 Å². The number of fused-ring (bicyclic) bond motifs is 1. The summed E-state index contributed by atoms with van der Waals surface area (Å²) in [5, 5.41) is 0.953. The van der Waals surface area contributed by atoms with Crippen LogP contribution in [-0.2, 0) is 0 Å². The molecule has 0 fully saturated rings. The van der Waals surface area contributed by atoms with Crippen LogP contribution in [0.15, 0.2) is 34.7 Å². The Hall–Kier alpha value is -2.62. The number of H-pyrrole nitrogens is 1. The molecule has 1 aromatic carbocycles. The first kappa shape index (κ1) is 11.5. The van der Waals surface area contributed by atoms with E-state index in [4.69, 9.17) is 4.42 Å². The smallest absolute Gasteiger partial charge is 0.166 e. The van der Waals surface area contributed by atoms with E-state index in [9.17, 15) is 9.59 Å². The minimum Gasteiger partial charge on any atom is -0.455 e. The van der Waals surface area contributed by atoms with Crippen molar-refractivity contribution in [2.45, 2.75) is 6.92 Å². The highest BCUT2D eigenvalue weighted by atomic mass is 16.3. The fourth-order valence-electron chi connectivity index (χ4n) is 2.19. The van der Waals surface area contributed by atoms with E-state index in [1.807, 2.05) is 30.3 Å². The summed E-state index contributed by atoms with van der Waals surface area (Å²) >= 11 is 0. The number of para-hydroxylation sites is 1. The van der Waals surface area contributed by atoms with Crippen LogP contribution in [-0.4, -0.2) is 17.6 Å². The number of aromatic amines is 1. The van der Waals surface area contributed by atoms with Crippen LogP contribution < -0.4 is 0 Å². The summed E-state index contributed by atoms with van der Waals surface area (Å²) in [6.07, 6.45) is 1.44. The summed E-state index contributed by atoms with van der Waals surface area (Å²) in [6, 6.07) is 9.43. The van der Waals surface area contributed by atoms with Crippen LogP contribution >= 0.6 is 0 Å². The molecule has 0 atom stereocenters. The van der Waals surface area contributed by atoms with E-state index in [-0.39, 0.29) is 0 Å². The van der Waals surface area contributed by atoms with Crippen molar-refractivity contribution >= 4 is 23.5 Å². The molecule has 1 N–H and O–H groups in total. The maximum atomic E-state index is 11.2. The fourth-order valence-corrected chi connectivity index (χ4v) is 2.19. The molecular weight excluding hydrogens is 242 g/mol. The van der Waals surface area contributed by atoms with Crippen LogP contribution in [0.1, 0.15) is 26.4 Å². The molecule has 0 saturated heterocycles. The van der Waals surface area contributed by atoms with E-state index in [0.717, 1.165) is 17.3 Å². The summed E-state index contributed by atoms with van der Waals surface area (Å²) in [6.45, 7) is 1.73. The van der Waals surface area contributed by atoms with Crippen LogP contribution in [0.2, 0.25) is 0 Å². The van der Waals surface area contributed by atoms with Gasteiger partial charge in [0, 0.05) is 10.9 Å². The second-order valence-electron chi connectivity index (χ2n) is 4.34. The van der Waals surface area contributed by atoms with Crippen molar-refractivity contribution in [3.63, 3.8) is 0 Å². The Labute approximate surface area is 109 Å². The molecule has 3 rings (SSSR count). The first-order chi connectivity index (χ1) is 9.24. The van der Waals surface area contributed by atoms with Crippen molar-refractivity contribution in [1.29, 1.82) is 0 Å². The van der Waals surface area contributed by atoms with Gasteiger partial charge in [-0.25, -0.2) is 0 Å². The molecule has 0 amide bonds.